The molecule has 2 saturated heterocycles. The Balaban J connectivity index is 0.000000195. The van der Waals surface area contributed by atoms with Gasteiger partial charge in [0.15, 0.2) is 11.5 Å². The molecular weight excluding hydrogens is 717 g/mol. The molecule has 1 N–H and O–H groups in total. The lowest BCUT2D eigenvalue weighted by molar-refractivity contribution is -0.131. The summed E-state index contributed by atoms with van der Waals surface area (Å²) in [5, 5.41) is 3.94. The summed E-state index contributed by atoms with van der Waals surface area (Å²) in [6.07, 6.45) is 5.51. The molecule has 6 aromatic rings. The quantitative estimate of drug-likeness (QED) is 0.227. The van der Waals surface area contributed by atoms with E-state index in [1.807, 2.05) is 59.5 Å². The Morgan fingerprint density at radius 3 is 1.86 bits per heavy atom. The van der Waals surface area contributed by atoms with Crippen LogP contribution in [0.5, 0.6) is 23.3 Å². The van der Waals surface area contributed by atoms with E-state index in [4.69, 9.17) is 18.9 Å². The number of anilines is 1. The van der Waals surface area contributed by atoms with E-state index in [9.17, 15) is 9.59 Å². The Bertz CT molecular complexity index is 2360. The van der Waals surface area contributed by atoms with Gasteiger partial charge in [-0.05, 0) is 30.3 Å². The number of ether oxygens (including phenoxy) is 4. The van der Waals surface area contributed by atoms with Gasteiger partial charge in [0.25, 0.3) is 0 Å². The number of para-hydroxylation sites is 4. The predicted octanol–water partition coefficient (Wildman–Crippen LogP) is 3.53. The van der Waals surface area contributed by atoms with Crippen LogP contribution in [-0.2, 0) is 9.59 Å². The normalized spacial score (nSPS) is 19.0. The summed E-state index contributed by atoms with van der Waals surface area (Å²) >= 11 is 0. The van der Waals surface area contributed by atoms with Crippen molar-refractivity contribution < 1.29 is 28.5 Å². The first-order valence-corrected chi connectivity index (χ1v) is 18.2. The smallest absolute Gasteiger partial charge is 0.244 e. The van der Waals surface area contributed by atoms with E-state index < -0.39 is 6.04 Å². The fraction of sp³-hybridized carbons (Fsp3) is 0.350. The van der Waals surface area contributed by atoms with Gasteiger partial charge in [-0.15, -0.1) is 0 Å². The molecule has 56 heavy (non-hydrogen) atoms. The molecular formula is C40H44N10O6. The van der Waals surface area contributed by atoms with Crippen LogP contribution >= 0.6 is 0 Å². The maximum absolute atomic E-state index is 13.2. The lowest BCUT2D eigenvalue weighted by Crippen LogP contribution is -2.43. The van der Waals surface area contributed by atoms with Gasteiger partial charge in [0, 0.05) is 59.0 Å². The zero-order valence-electron chi connectivity index (χ0n) is 32.1. The van der Waals surface area contributed by atoms with Gasteiger partial charge in [-0.1, -0.05) is 24.3 Å². The topological polar surface area (TPSA) is 170 Å². The molecule has 4 atom stereocenters. The van der Waals surface area contributed by atoms with Crippen LogP contribution in [0, 0.1) is 0 Å². The number of nitrogens with one attached hydrogen (secondary N) is 1. The molecule has 0 radical (unpaired) electrons. The van der Waals surface area contributed by atoms with Crippen molar-refractivity contribution >= 4 is 50.6 Å². The first-order valence-electron chi connectivity index (χ1n) is 18.2. The molecule has 8 rings (SSSR count). The molecule has 3 aromatic heterocycles. The van der Waals surface area contributed by atoms with E-state index >= 15 is 0 Å². The third-order valence-electron chi connectivity index (χ3n) is 9.64. The Morgan fingerprint density at radius 2 is 1.27 bits per heavy atom. The number of amides is 2. The van der Waals surface area contributed by atoms with Gasteiger partial charge in [0.2, 0.25) is 23.6 Å². The summed E-state index contributed by atoms with van der Waals surface area (Å²) < 4.78 is 23.0. The van der Waals surface area contributed by atoms with Crippen molar-refractivity contribution in [3.8, 4) is 23.3 Å². The van der Waals surface area contributed by atoms with E-state index in [2.05, 4.69) is 35.2 Å². The maximum Gasteiger partial charge on any atom is 0.244 e. The van der Waals surface area contributed by atoms with Crippen LogP contribution in [0.2, 0.25) is 0 Å². The van der Waals surface area contributed by atoms with Gasteiger partial charge < -0.3 is 39.0 Å². The lowest BCUT2D eigenvalue weighted by atomic mass is 10.1. The Labute approximate surface area is 323 Å². The second-order valence-corrected chi connectivity index (χ2v) is 13.9. The number of methoxy groups -OCH3 is 2. The number of likely N-dealkylation sites (N-methyl/N-ethyl adjacent to an activating group) is 2. The predicted molar refractivity (Wildman–Crippen MR) is 210 cm³/mol. The van der Waals surface area contributed by atoms with Gasteiger partial charge in [-0.2, -0.15) is 0 Å². The molecule has 4 unspecified atom stereocenters. The van der Waals surface area contributed by atoms with Crippen LogP contribution in [0.15, 0.2) is 79.4 Å². The molecule has 2 aliphatic rings. The first kappa shape index (κ1) is 37.9. The molecule has 0 bridgehead atoms. The number of benzene rings is 3. The lowest BCUT2D eigenvalue weighted by Gasteiger charge is -2.27. The second kappa shape index (κ2) is 16.5. The SMILES string of the molecule is CN(C)C(=O)C1CC(Oc2cnc3ccccc3n2)CN1.COc1cc2ncnc(N3CC(Oc4cnc5ccccc5n4)CC3C(=O)N(C)C)c2cc1OC. The maximum atomic E-state index is 13.2. The minimum atomic E-state index is -0.463. The number of nitrogens with zero attached hydrogens (tertiary/aromatic N) is 9. The van der Waals surface area contributed by atoms with Gasteiger partial charge in [-0.3, -0.25) is 9.59 Å². The van der Waals surface area contributed by atoms with Crippen molar-refractivity contribution in [2.75, 3.05) is 60.4 Å². The van der Waals surface area contributed by atoms with Gasteiger partial charge in [0.1, 0.15) is 30.4 Å². The average Bonchev–Trinajstić information content (AvgIpc) is 3.86. The molecule has 16 heteroatoms. The zero-order chi connectivity index (χ0) is 39.3. The summed E-state index contributed by atoms with van der Waals surface area (Å²) in [5.41, 5.74) is 3.89. The van der Waals surface area contributed by atoms with Crippen molar-refractivity contribution in [3.63, 3.8) is 0 Å². The molecule has 0 aliphatic carbocycles. The largest absolute Gasteiger partial charge is 0.493 e. The average molecular weight is 761 g/mol. The summed E-state index contributed by atoms with van der Waals surface area (Å²) in [6.45, 7) is 1.08. The van der Waals surface area contributed by atoms with Gasteiger partial charge >= 0.3 is 0 Å². The monoisotopic (exact) mass is 760 g/mol. The standard InChI is InChI=1S/C25H26N6O4.C15H18N4O2/c1-30(2)25(32)20-9-15(35-23-12-26-17-7-5-6-8-18(17)29-23)13-31(20)24-16-10-21(33-3)22(34-4)11-19(16)27-14-28-24;1-19(2)15(20)13-7-10(8-16-13)21-14-9-17-11-5-3-4-6-12(11)18-14/h5-8,10-12,14-15,20H,9,13H2,1-4H3;3-6,9-10,13,16H,7-8H2,1-2H3. The number of hydrogen-bond acceptors (Lipinski definition) is 14. The minimum absolute atomic E-state index is 0.0343. The highest BCUT2D eigenvalue weighted by atomic mass is 16.5. The number of rotatable bonds is 9. The molecule has 16 nitrogen and oxygen atoms in total. The number of aromatic nitrogens is 6. The molecule has 5 heterocycles. The van der Waals surface area contributed by atoms with Gasteiger partial charge in [0.05, 0.1) is 66.8 Å². The number of fused-ring (bicyclic) bond motifs is 3. The highest BCUT2D eigenvalue weighted by Crippen LogP contribution is 2.37. The van der Waals surface area contributed by atoms with E-state index in [1.165, 1.54) is 6.33 Å². The molecule has 290 valence electrons. The van der Waals surface area contributed by atoms with Crippen LogP contribution in [0.1, 0.15) is 12.8 Å². The fourth-order valence-corrected chi connectivity index (χ4v) is 6.88. The van der Waals surface area contributed by atoms with Crippen LogP contribution in [0.25, 0.3) is 33.0 Å². The van der Waals surface area contributed by atoms with E-state index in [-0.39, 0.29) is 30.1 Å². The molecule has 2 amide bonds. The highest BCUT2D eigenvalue weighted by molar-refractivity contribution is 5.95. The summed E-state index contributed by atoms with van der Waals surface area (Å²) in [7, 11) is 10.2. The van der Waals surface area contributed by atoms with E-state index in [0.717, 1.165) is 27.5 Å². The van der Waals surface area contributed by atoms with Crippen LogP contribution in [0.3, 0.4) is 0 Å². The van der Waals surface area contributed by atoms with Crippen LogP contribution in [0.4, 0.5) is 5.82 Å². The van der Waals surface area contributed by atoms with Crippen molar-refractivity contribution in [2.24, 2.45) is 0 Å². The molecule has 3 aromatic carbocycles. The third-order valence-corrected chi connectivity index (χ3v) is 9.64. The minimum Gasteiger partial charge on any atom is -0.493 e. The summed E-state index contributed by atoms with van der Waals surface area (Å²) in [4.78, 5) is 57.0. The van der Waals surface area contributed by atoms with Crippen molar-refractivity contribution in [2.45, 2.75) is 37.1 Å². The number of carbonyl (C=O) groups excluding carboxylic acids is 2. The number of hydrogen-bond donors (Lipinski definition) is 1. The Morgan fingerprint density at radius 1 is 0.696 bits per heavy atom. The Hall–Kier alpha value is -6.42. The van der Waals surface area contributed by atoms with Crippen molar-refractivity contribution in [1.29, 1.82) is 0 Å². The van der Waals surface area contributed by atoms with E-state index in [1.54, 1.807) is 70.7 Å². The molecule has 2 aliphatic heterocycles. The highest BCUT2D eigenvalue weighted by Gasteiger charge is 2.40. The third kappa shape index (κ3) is 8.15. The fourth-order valence-electron chi connectivity index (χ4n) is 6.88. The summed E-state index contributed by atoms with van der Waals surface area (Å²) in [5.74, 6) is 2.72. The molecule has 2 fully saturated rings. The number of carbonyl (C=O) groups is 2. The molecule has 0 saturated carbocycles. The van der Waals surface area contributed by atoms with Crippen molar-refractivity contribution in [3.05, 3.63) is 79.4 Å². The summed E-state index contributed by atoms with van der Waals surface area (Å²) in [6, 6.07) is 18.3. The van der Waals surface area contributed by atoms with Gasteiger partial charge in [-0.25, -0.2) is 29.9 Å². The second-order valence-electron chi connectivity index (χ2n) is 13.9. The molecule has 0 spiro atoms. The first-order chi connectivity index (χ1) is 27.1. The van der Waals surface area contributed by atoms with Crippen LogP contribution < -0.4 is 29.2 Å². The zero-order valence-corrected chi connectivity index (χ0v) is 32.1. The van der Waals surface area contributed by atoms with E-state index in [0.29, 0.717) is 60.5 Å². The van der Waals surface area contributed by atoms with Crippen LogP contribution in [-0.4, -0.2) is 131 Å². The van der Waals surface area contributed by atoms with Crippen molar-refractivity contribution in [1.82, 2.24) is 45.0 Å². The Kier molecular flexibility index (Phi) is 11.2.